The maximum Gasteiger partial charge on any atom is 0.120 e. The van der Waals surface area contributed by atoms with Crippen LogP contribution in [0, 0.1) is 0 Å². The zero-order chi connectivity index (χ0) is 9.14. The first-order valence-electron chi connectivity index (χ1n) is 3.35. The highest BCUT2D eigenvalue weighted by Crippen LogP contribution is 2.22. The minimum atomic E-state index is -0.200. The van der Waals surface area contributed by atoms with Crippen molar-refractivity contribution >= 4 is 31.9 Å². The van der Waals surface area contributed by atoms with Gasteiger partial charge in [0, 0.05) is 0 Å². The molecular weight excluding hydrogens is 284 g/mol. The van der Waals surface area contributed by atoms with Crippen LogP contribution in [0.2, 0.25) is 0 Å². The number of aromatic nitrogens is 1. The van der Waals surface area contributed by atoms with Gasteiger partial charge in [0.15, 0.2) is 0 Å². The second-order valence-corrected chi connectivity index (χ2v) is 3.88. The second-order valence-electron chi connectivity index (χ2n) is 2.27. The first-order chi connectivity index (χ1) is 5.65. The molecule has 64 valence electrons. The highest BCUT2D eigenvalue weighted by atomic mass is 79.9. The van der Waals surface area contributed by atoms with Gasteiger partial charge in [-0.3, -0.25) is 0 Å². The monoisotopic (exact) mass is 290 g/mol. The number of rotatable bonds is 2. The Hall–Kier alpha value is -0.190. The van der Waals surface area contributed by atoms with Crippen LogP contribution in [0.25, 0.3) is 0 Å². The lowest BCUT2D eigenvalue weighted by molar-refractivity contribution is 0.857. The van der Waals surface area contributed by atoms with E-state index >= 15 is 0 Å². The van der Waals surface area contributed by atoms with Crippen molar-refractivity contribution in [3.05, 3.63) is 39.6 Å². The van der Waals surface area contributed by atoms with E-state index in [0.717, 1.165) is 14.8 Å². The molecule has 2 N–H and O–H groups in total. The molecule has 1 aromatic rings. The Labute approximate surface area is 88.1 Å². The van der Waals surface area contributed by atoms with Crippen molar-refractivity contribution in [2.75, 3.05) is 0 Å². The molecule has 2 nitrogen and oxygen atoms in total. The predicted octanol–water partition coefficient (Wildman–Crippen LogP) is 2.79. The Morgan fingerprint density at radius 3 is 2.67 bits per heavy atom. The summed E-state index contributed by atoms with van der Waals surface area (Å²) >= 11 is 6.62. The summed E-state index contributed by atoms with van der Waals surface area (Å²) in [5, 5.41) is 0. The number of halogens is 2. The van der Waals surface area contributed by atoms with Crippen LogP contribution in [0.15, 0.2) is 33.9 Å². The van der Waals surface area contributed by atoms with E-state index in [-0.39, 0.29) is 6.04 Å². The van der Waals surface area contributed by atoms with E-state index in [4.69, 9.17) is 5.73 Å². The lowest BCUT2D eigenvalue weighted by Gasteiger charge is -2.05. The first-order valence-corrected chi connectivity index (χ1v) is 4.94. The van der Waals surface area contributed by atoms with Crippen LogP contribution in [0.5, 0.6) is 0 Å². The smallest absolute Gasteiger partial charge is 0.120 e. The number of hydrogen-bond acceptors (Lipinski definition) is 2. The summed E-state index contributed by atoms with van der Waals surface area (Å²) in [4.78, 5) is 4.22. The van der Waals surface area contributed by atoms with Crippen LogP contribution in [0.1, 0.15) is 11.7 Å². The molecule has 0 aliphatic carbocycles. The van der Waals surface area contributed by atoms with Crippen molar-refractivity contribution < 1.29 is 0 Å². The summed E-state index contributed by atoms with van der Waals surface area (Å²) in [5.41, 5.74) is 6.50. The van der Waals surface area contributed by atoms with Gasteiger partial charge in [0.25, 0.3) is 0 Å². The summed E-state index contributed by atoms with van der Waals surface area (Å²) in [6, 6.07) is 3.56. The molecule has 12 heavy (non-hydrogen) atoms. The van der Waals surface area contributed by atoms with Gasteiger partial charge >= 0.3 is 0 Å². The molecule has 0 saturated heterocycles. The molecule has 0 bridgehead atoms. The fourth-order valence-electron chi connectivity index (χ4n) is 0.738. The second kappa shape index (κ2) is 4.16. The fraction of sp³-hybridized carbons (Fsp3) is 0.125. The van der Waals surface area contributed by atoms with E-state index in [0.29, 0.717) is 0 Å². The number of nitrogens with two attached hydrogens (primary N) is 1. The van der Waals surface area contributed by atoms with Crippen molar-refractivity contribution in [1.29, 1.82) is 0 Å². The molecule has 1 rings (SSSR count). The standard InChI is InChI=1S/C8H8Br2N2/c1-2-6(11)7-4-3-5(9)8(10)12-7/h2-4,6H,1,11H2. The van der Waals surface area contributed by atoms with Crippen LogP contribution in [-0.4, -0.2) is 4.98 Å². The van der Waals surface area contributed by atoms with Gasteiger partial charge < -0.3 is 5.73 Å². The predicted molar refractivity (Wildman–Crippen MR) is 56.8 cm³/mol. The van der Waals surface area contributed by atoms with Crippen LogP contribution in [-0.2, 0) is 0 Å². The molecule has 0 aliphatic rings. The van der Waals surface area contributed by atoms with Gasteiger partial charge in [-0.05, 0) is 44.0 Å². The summed E-state index contributed by atoms with van der Waals surface area (Å²) in [5.74, 6) is 0. The fourth-order valence-corrected chi connectivity index (χ4v) is 1.30. The summed E-state index contributed by atoms with van der Waals surface area (Å²) in [6.07, 6.45) is 1.66. The van der Waals surface area contributed by atoms with Crippen LogP contribution < -0.4 is 5.73 Å². The zero-order valence-electron chi connectivity index (χ0n) is 6.30. The molecule has 1 unspecified atom stereocenters. The van der Waals surface area contributed by atoms with E-state index in [1.807, 2.05) is 12.1 Å². The van der Waals surface area contributed by atoms with Crippen molar-refractivity contribution in [2.24, 2.45) is 5.73 Å². The third-order valence-corrected chi connectivity index (χ3v) is 3.20. The van der Waals surface area contributed by atoms with E-state index in [1.165, 1.54) is 0 Å². The van der Waals surface area contributed by atoms with Crippen molar-refractivity contribution in [2.45, 2.75) is 6.04 Å². The minimum absolute atomic E-state index is 0.200. The van der Waals surface area contributed by atoms with E-state index < -0.39 is 0 Å². The van der Waals surface area contributed by atoms with Gasteiger partial charge in [-0.25, -0.2) is 4.98 Å². The molecule has 0 spiro atoms. The van der Waals surface area contributed by atoms with Crippen molar-refractivity contribution in [3.8, 4) is 0 Å². The Kier molecular flexibility index (Phi) is 3.43. The van der Waals surface area contributed by atoms with Gasteiger partial charge in [-0.1, -0.05) is 6.08 Å². The lowest BCUT2D eigenvalue weighted by Crippen LogP contribution is -2.08. The molecule has 0 aliphatic heterocycles. The molecule has 0 aromatic carbocycles. The van der Waals surface area contributed by atoms with Gasteiger partial charge in [0.2, 0.25) is 0 Å². The molecule has 1 aromatic heterocycles. The average molecular weight is 292 g/mol. The Bertz CT molecular complexity index is 299. The molecule has 0 radical (unpaired) electrons. The van der Waals surface area contributed by atoms with Gasteiger partial charge in [0.1, 0.15) is 4.60 Å². The largest absolute Gasteiger partial charge is 0.319 e. The van der Waals surface area contributed by atoms with Gasteiger partial charge in [0.05, 0.1) is 16.2 Å². The molecular formula is C8H8Br2N2. The molecule has 0 saturated carbocycles. The molecule has 4 heteroatoms. The van der Waals surface area contributed by atoms with Crippen molar-refractivity contribution in [1.82, 2.24) is 4.98 Å². The van der Waals surface area contributed by atoms with E-state index in [2.05, 4.69) is 43.4 Å². The van der Waals surface area contributed by atoms with Crippen LogP contribution >= 0.6 is 31.9 Å². The van der Waals surface area contributed by atoms with E-state index in [9.17, 15) is 0 Å². The first kappa shape index (κ1) is 9.89. The zero-order valence-corrected chi connectivity index (χ0v) is 9.47. The average Bonchev–Trinajstić information content (AvgIpc) is 2.08. The molecule has 0 fully saturated rings. The SMILES string of the molecule is C=CC(N)c1ccc(Br)c(Br)n1. The molecule has 1 atom stereocenters. The maximum atomic E-state index is 5.70. The summed E-state index contributed by atoms with van der Waals surface area (Å²) < 4.78 is 1.68. The highest BCUT2D eigenvalue weighted by molar-refractivity contribution is 9.13. The van der Waals surface area contributed by atoms with Crippen molar-refractivity contribution in [3.63, 3.8) is 0 Å². The Morgan fingerprint density at radius 2 is 2.17 bits per heavy atom. The Morgan fingerprint density at radius 1 is 1.50 bits per heavy atom. The number of pyridine rings is 1. The molecule has 1 heterocycles. The van der Waals surface area contributed by atoms with Crippen LogP contribution in [0.3, 0.4) is 0 Å². The summed E-state index contributed by atoms with van der Waals surface area (Å²) in [6.45, 7) is 3.60. The minimum Gasteiger partial charge on any atom is -0.319 e. The van der Waals surface area contributed by atoms with Gasteiger partial charge in [-0.2, -0.15) is 0 Å². The summed E-state index contributed by atoms with van der Waals surface area (Å²) in [7, 11) is 0. The third kappa shape index (κ3) is 2.15. The Balaban J connectivity index is 3.04. The third-order valence-electron chi connectivity index (χ3n) is 1.42. The van der Waals surface area contributed by atoms with Crippen LogP contribution in [0.4, 0.5) is 0 Å². The maximum absolute atomic E-state index is 5.70. The highest BCUT2D eigenvalue weighted by Gasteiger charge is 2.04. The number of hydrogen-bond donors (Lipinski definition) is 1. The normalized spacial score (nSPS) is 12.6. The van der Waals surface area contributed by atoms with Gasteiger partial charge in [-0.15, -0.1) is 6.58 Å². The topological polar surface area (TPSA) is 38.9 Å². The van der Waals surface area contributed by atoms with E-state index in [1.54, 1.807) is 6.08 Å². The molecule has 0 amide bonds. The quantitative estimate of drug-likeness (QED) is 0.672. The number of nitrogens with zero attached hydrogens (tertiary/aromatic N) is 1. The lowest BCUT2D eigenvalue weighted by atomic mass is 10.2.